The van der Waals surface area contributed by atoms with Crippen LogP contribution in [0.3, 0.4) is 0 Å². The van der Waals surface area contributed by atoms with Gasteiger partial charge in [0, 0.05) is 42.5 Å². The highest BCUT2D eigenvalue weighted by Crippen LogP contribution is 2.40. The first-order valence-corrected chi connectivity index (χ1v) is 10.6. The van der Waals surface area contributed by atoms with Crippen LogP contribution >= 0.6 is 0 Å². The van der Waals surface area contributed by atoms with Crippen molar-refractivity contribution in [2.45, 2.75) is 53.0 Å². The standard InChI is InChI=1S/C24H27N5O2/c1-15(30)27-18-6-4-5-17(9-18)23(31)28-22-10-16(7-8-26-22)20-11-19(13-25)29-14-24(2,3)12-21(20)29/h6-8,10-11,17H,4-5,9,12,14H2,1-3H3,(H,27,30)(H,26,28,31)/t17-/m0/s1. The fraction of sp³-hybridized carbons (Fsp3) is 0.417. The summed E-state index contributed by atoms with van der Waals surface area (Å²) in [7, 11) is 0. The van der Waals surface area contributed by atoms with E-state index in [1.54, 1.807) is 6.20 Å². The van der Waals surface area contributed by atoms with Gasteiger partial charge >= 0.3 is 0 Å². The number of nitrogens with one attached hydrogen (secondary N) is 2. The molecule has 0 fully saturated rings. The van der Waals surface area contributed by atoms with Crippen molar-refractivity contribution in [2.75, 3.05) is 5.32 Å². The van der Waals surface area contributed by atoms with E-state index in [1.165, 1.54) is 6.92 Å². The van der Waals surface area contributed by atoms with Crippen LogP contribution in [0.15, 0.2) is 36.2 Å². The molecule has 31 heavy (non-hydrogen) atoms. The Labute approximate surface area is 182 Å². The predicted molar refractivity (Wildman–Crippen MR) is 118 cm³/mol. The number of anilines is 1. The van der Waals surface area contributed by atoms with Crippen LogP contribution in [0.2, 0.25) is 0 Å². The van der Waals surface area contributed by atoms with E-state index in [2.05, 4.69) is 40.1 Å². The third-order valence-electron chi connectivity index (χ3n) is 5.96. The lowest BCUT2D eigenvalue weighted by Crippen LogP contribution is -2.29. The molecule has 2 amide bonds. The number of hydrogen-bond acceptors (Lipinski definition) is 4. The number of pyridine rings is 1. The number of aromatic nitrogens is 2. The molecule has 0 saturated carbocycles. The number of nitrogens with zero attached hydrogens (tertiary/aromatic N) is 3. The van der Waals surface area contributed by atoms with E-state index in [9.17, 15) is 14.9 Å². The zero-order valence-electron chi connectivity index (χ0n) is 18.2. The first-order valence-electron chi connectivity index (χ1n) is 10.6. The largest absolute Gasteiger partial charge is 0.335 e. The third-order valence-corrected chi connectivity index (χ3v) is 5.96. The molecule has 2 N–H and O–H groups in total. The Morgan fingerprint density at radius 1 is 1.29 bits per heavy atom. The summed E-state index contributed by atoms with van der Waals surface area (Å²) in [5, 5.41) is 15.3. The fourth-order valence-electron chi connectivity index (χ4n) is 4.60. The molecule has 1 aliphatic heterocycles. The molecule has 2 aromatic rings. The van der Waals surface area contributed by atoms with Gasteiger partial charge in [-0.3, -0.25) is 9.59 Å². The predicted octanol–water partition coefficient (Wildman–Crippen LogP) is 3.76. The minimum absolute atomic E-state index is 0.0958. The van der Waals surface area contributed by atoms with Crippen LogP contribution in [0.1, 0.15) is 51.4 Å². The lowest BCUT2D eigenvalue weighted by atomic mass is 9.89. The third kappa shape index (κ3) is 4.38. The van der Waals surface area contributed by atoms with Crippen molar-refractivity contribution in [3.8, 4) is 17.2 Å². The van der Waals surface area contributed by atoms with E-state index in [1.807, 2.05) is 24.3 Å². The van der Waals surface area contributed by atoms with E-state index in [4.69, 9.17) is 0 Å². The van der Waals surface area contributed by atoms with E-state index in [0.29, 0.717) is 17.9 Å². The monoisotopic (exact) mass is 417 g/mol. The number of carbonyl (C=O) groups excluding carboxylic acids is 2. The Bertz CT molecular complexity index is 1120. The Hall–Kier alpha value is -3.40. The molecule has 0 radical (unpaired) electrons. The number of fused-ring (bicyclic) bond motifs is 1. The summed E-state index contributed by atoms with van der Waals surface area (Å²) in [4.78, 5) is 28.5. The molecule has 0 bridgehead atoms. The highest BCUT2D eigenvalue weighted by Gasteiger charge is 2.33. The fourth-order valence-corrected chi connectivity index (χ4v) is 4.60. The van der Waals surface area contributed by atoms with Crippen LogP contribution in [0.5, 0.6) is 0 Å². The zero-order valence-corrected chi connectivity index (χ0v) is 18.2. The summed E-state index contributed by atoms with van der Waals surface area (Å²) in [6.45, 7) is 6.71. The molecule has 0 unspecified atom stereocenters. The van der Waals surface area contributed by atoms with Crippen molar-refractivity contribution in [1.82, 2.24) is 14.9 Å². The summed E-state index contributed by atoms with van der Waals surface area (Å²) in [5.74, 6) is 0.0686. The van der Waals surface area contributed by atoms with Gasteiger partial charge in [-0.05, 0) is 54.9 Å². The van der Waals surface area contributed by atoms with Crippen LogP contribution in [-0.4, -0.2) is 21.4 Å². The van der Waals surface area contributed by atoms with Crippen molar-refractivity contribution in [3.05, 3.63) is 47.6 Å². The summed E-state index contributed by atoms with van der Waals surface area (Å²) >= 11 is 0. The Morgan fingerprint density at radius 3 is 2.84 bits per heavy atom. The Kier molecular flexibility index (Phi) is 5.40. The van der Waals surface area contributed by atoms with Gasteiger partial charge in [0.05, 0.1) is 0 Å². The maximum Gasteiger partial charge on any atom is 0.229 e. The lowest BCUT2D eigenvalue weighted by molar-refractivity contribution is -0.121. The van der Waals surface area contributed by atoms with E-state index in [-0.39, 0.29) is 23.1 Å². The highest BCUT2D eigenvalue weighted by atomic mass is 16.2. The van der Waals surface area contributed by atoms with Crippen molar-refractivity contribution in [2.24, 2.45) is 11.3 Å². The van der Waals surface area contributed by atoms with Gasteiger partial charge in [0.1, 0.15) is 17.6 Å². The molecule has 0 saturated heterocycles. The normalized spacial score (nSPS) is 19.2. The first-order chi connectivity index (χ1) is 14.8. The molecule has 160 valence electrons. The van der Waals surface area contributed by atoms with Gasteiger partial charge < -0.3 is 15.2 Å². The van der Waals surface area contributed by atoms with Crippen LogP contribution in [-0.2, 0) is 22.6 Å². The SMILES string of the molecule is CC(=O)NC1=CCC[C@H](C(=O)Nc2cc(-c3cc(C#N)n4c3CC(C)(C)C4)ccn2)C1. The van der Waals surface area contributed by atoms with E-state index < -0.39 is 0 Å². The molecule has 3 heterocycles. The second-order valence-corrected chi connectivity index (χ2v) is 9.24. The molecule has 1 aliphatic carbocycles. The average Bonchev–Trinajstić information content (AvgIpc) is 3.20. The van der Waals surface area contributed by atoms with Gasteiger partial charge in [-0.1, -0.05) is 19.9 Å². The Balaban J connectivity index is 1.53. The molecular formula is C24H27N5O2. The second-order valence-electron chi connectivity index (χ2n) is 9.24. The molecular weight excluding hydrogens is 390 g/mol. The number of allylic oxidation sites excluding steroid dienone is 2. The summed E-state index contributed by atoms with van der Waals surface area (Å²) in [6, 6.07) is 8.01. The number of hydrogen-bond donors (Lipinski definition) is 2. The number of nitriles is 1. The molecule has 0 aromatic carbocycles. The first kappa shape index (κ1) is 20.9. The van der Waals surface area contributed by atoms with Crippen molar-refractivity contribution < 1.29 is 9.59 Å². The van der Waals surface area contributed by atoms with E-state index >= 15 is 0 Å². The smallest absolute Gasteiger partial charge is 0.229 e. The van der Waals surface area contributed by atoms with E-state index in [0.717, 1.165) is 48.3 Å². The summed E-state index contributed by atoms with van der Waals surface area (Å²) in [6.07, 6.45) is 6.57. The maximum atomic E-state index is 12.8. The lowest BCUT2D eigenvalue weighted by Gasteiger charge is -2.22. The molecule has 2 aromatic heterocycles. The van der Waals surface area contributed by atoms with Gasteiger partial charge in [-0.15, -0.1) is 0 Å². The van der Waals surface area contributed by atoms with Gasteiger partial charge in [-0.2, -0.15) is 5.26 Å². The maximum absolute atomic E-state index is 12.8. The average molecular weight is 418 g/mol. The van der Waals surface area contributed by atoms with Gasteiger partial charge in [0.2, 0.25) is 11.8 Å². The Morgan fingerprint density at radius 2 is 2.10 bits per heavy atom. The minimum Gasteiger partial charge on any atom is -0.335 e. The van der Waals surface area contributed by atoms with Crippen molar-refractivity contribution >= 4 is 17.6 Å². The van der Waals surface area contributed by atoms with Crippen LogP contribution in [0, 0.1) is 22.7 Å². The van der Waals surface area contributed by atoms with Gasteiger partial charge in [0.25, 0.3) is 0 Å². The summed E-state index contributed by atoms with van der Waals surface area (Å²) in [5.41, 5.74) is 4.70. The summed E-state index contributed by atoms with van der Waals surface area (Å²) < 4.78 is 2.10. The van der Waals surface area contributed by atoms with Gasteiger partial charge in [0.15, 0.2) is 0 Å². The van der Waals surface area contributed by atoms with Crippen molar-refractivity contribution in [1.29, 1.82) is 5.26 Å². The van der Waals surface area contributed by atoms with Crippen LogP contribution in [0.25, 0.3) is 11.1 Å². The van der Waals surface area contributed by atoms with Crippen LogP contribution < -0.4 is 10.6 Å². The molecule has 0 spiro atoms. The zero-order chi connectivity index (χ0) is 22.2. The topological polar surface area (TPSA) is 99.8 Å². The van der Waals surface area contributed by atoms with Gasteiger partial charge in [-0.25, -0.2) is 4.98 Å². The quantitative estimate of drug-likeness (QED) is 0.791. The van der Waals surface area contributed by atoms with Crippen LogP contribution in [0.4, 0.5) is 5.82 Å². The van der Waals surface area contributed by atoms with Crippen molar-refractivity contribution in [3.63, 3.8) is 0 Å². The number of amides is 2. The second kappa shape index (κ2) is 8.03. The number of rotatable bonds is 4. The highest BCUT2D eigenvalue weighted by molar-refractivity contribution is 5.92. The number of carbonyl (C=O) groups is 2. The molecule has 7 heteroatoms. The molecule has 2 aliphatic rings. The molecule has 7 nitrogen and oxygen atoms in total. The minimum atomic E-state index is -0.206. The molecule has 1 atom stereocenters. The molecule has 4 rings (SSSR count).